The summed E-state index contributed by atoms with van der Waals surface area (Å²) in [5.41, 5.74) is 2.98. The van der Waals surface area contributed by atoms with Gasteiger partial charge in [0.25, 0.3) is 0 Å². The summed E-state index contributed by atoms with van der Waals surface area (Å²) in [7, 11) is -2.35. The van der Waals surface area contributed by atoms with Gasteiger partial charge in [0.1, 0.15) is 25.8 Å². The number of anilines is 1. The van der Waals surface area contributed by atoms with Crippen LogP contribution in [-0.4, -0.2) is 64.2 Å². The monoisotopic (exact) mass is 551 g/mol. The van der Waals surface area contributed by atoms with Crippen molar-refractivity contribution < 1.29 is 27.5 Å². The summed E-state index contributed by atoms with van der Waals surface area (Å²) < 4.78 is 38.0. The third-order valence-corrected chi connectivity index (χ3v) is 7.59. The molecule has 1 aliphatic rings. The molecule has 0 saturated carbocycles. The fourth-order valence-corrected chi connectivity index (χ4v) is 5.37. The third-order valence-electron chi connectivity index (χ3n) is 6.45. The Morgan fingerprint density at radius 1 is 0.923 bits per heavy atom. The molecule has 0 spiro atoms. The van der Waals surface area contributed by atoms with E-state index >= 15 is 0 Å². The van der Waals surface area contributed by atoms with Crippen molar-refractivity contribution in [2.75, 3.05) is 37.4 Å². The summed E-state index contributed by atoms with van der Waals surface area (Å²) in [5, 5.41) is 2.67. The second kappa shape index (κ2) is 12.2. The molecule has 3 aromatic rings. The Hall–Kier alpha value is -4.05. The molecule has 1 aliphatic heterocycles. The van der Waals surface area contributed by atoms with Crippen LogP contribution in [-0.2, 0) is 32.6 Å². The molecule has 0 bridgehead atoms. The number of nitrogens with one attached hydrogen (secondary N) is 1. The highest BCUT2D eigenvalue weighted by Gasteiger charge is 2.33. The number of sulfonamides is 1. The molecule has 0 unspecified atom stereocenters. The Morgan fingerprint density at radius 2 is 1.62 bits per heavy atom. The quantitative estimate of drug-likeness (QED) is 0.416. The van der Waals surface area contributed by atoms with Gasteiger partial charge >= 0.3 is 0 Å². The van der Waals surface area contributed by atoms with Crippen LogP contribution >= 0.6 is 0 Å². The van der Waals surface area contributed by atoms with E-state index < -0.39 is 28.5 Å². The van der Waals surface area contributed by atoms with Gasteiger partial charge in [-0.1, -0.05) is 60.2 Å². The van der Waals surface area contributed by atoms with E-state index in [0.717, 1.165) is 27.3 Å². The molecule has 206 valence electrons. The van der Waals surface area contributed by atoms with Crippen LogP contribution < -0.4 is 19.1 Å². The van der Waals surface area contributed by atoms with E-state index in [-0.39, 0.29) is 24.6 Å². The zero-order valence-corrected chi connectivity index (χ0v) is 23.1. The van der Waals surface area contributed by atoms with Crippen LogP contribution in [0.15, 0.2) is 72.8 Å². The van der Waals surface area contributed by atoms with Crippen LogP contribution in [0.1, 0.15) is 16.7 Å². The normalized spacial score (nSPS) is 13.3. The van der Waals surface area contributed by atoms with Crippen LogP contribution in [0.4, 0.5) is 5.69 Å². The molecule has 0 fully saturated rings. The lowest BCUT2D eigenvalue weighted by atomic mass is 10.0. The first-order valence-electron chi connectivity index (χ1n) is 12.6. The number of likely N-dealkylation sites (N-methyl/N-ethyl adjacent to an activating group) is 1. The van der Waals surface area contributed by atoms with Crippen molar-refractivity contribution in [2.24, 2.45) is 0 Å². The van der Waals surface area contributed by atoms with E-state index in [1.807, 2.05) is 61.5 Å². The Morgan fingerprint density at radius 3 is 2.28 bits per heavy atom. The van der Waals surface area contributed by atoms with Gasteiger partial charge in [-0.3, -0.25) is 13.9 Å². The van der Waals surface area contributed by atoms with Gasteiger partial charge in [0.15, 0.2) is 11.5 Å². The SMILES string of the molecule is CNC(=O)[C@H](Cc1ccccc1)N(Cc1cccc(C)c1)C(=O)CN(c1ccc2c(c1)OCCO2)S(C)(=O)=O. The first kappa shape index (κ1) is 28.0. The van der Waals surface area contributed by atoms with Crippen molar-refractivity contribution in [3.05, 3.63) is 89.5 Å². The molecule has 10 heteroatoms. The molecule has 0 aliphatic carbocycles. The van der Waals surface area contributed by atoms with Crippen molar-refractivity contribution >= 4 is 27.5 Å². The highest BCUT2D eigenvalue weighted by molar-refractivity contribution is 7.92. The Kier molecular flexibility index (Phi) is 8.75. The van der Waals surface area contributed by atoms with Crippen molar-refractivity contribution in [1.29, 1.82) is 0 Å². The number of rotatable bonds is 10. The van der Waals surface area contributed by atoms with Crippen molar-refractivity contribution in [3.63, 3.8) is 0 Å². The second-order valence-electron chi connectivity index (χ2n) is 9.43. The fraction of sp³-hybridized carbons (Fsp3) is 0.310. The molecule has 1 N–H and O–H groups in total. The highest BCUT2D eigenvalue weighted by atomic mass is 32.2. The average molecular weight is 552 g/mol. The summed E-state index contributed by atoms with van der Waals surface area (Å²) in [6.07, 6.45) is 1.31. The summed E-state index contributed by atoms with van der Waals surface area (Å²) in [5.74, 6) is 0.0589. The number of hydrogen-bond acceptors (Lipinski definition) is 6. The molecule has 1 heterocycles. The zero-order valence-electron chi connectivity index (χ0n) is 22.3. The molecule has 4 rings (SSSR count). The van der Waals surface area contributed by atoms with Crippen LogP contribution in [0, 0.1) is 6.92 Å². The molecule has 3 aromatic carbocycles. The minimum Gasteiger partial charge on any atom is -0.486 e. The van der Waals surface area contributed by atoms with Gasteiger partial charge in [-0.2, -0.15) is 0 Å². The topological polar surface area (TPSA) is 105 Å². The van der Waals surface area contributed by atoms with Gasteiger partial charge in [-0.25, -0.2) is 8.42 Å². The fourth-order valence-electron chi connectivity index (χ4n) is 4.53. The molecule has 0 aromatic heterocycles. The van der Waals surface area contributed by atoms with Crippen LogP contribution in [0.3, 0.4) is 0 Å². The van der Waals surface area contributed by atoms with E-state index in [4.69, 9.17) is 9.47 Å². The number of aryl methyl sites for hydroxylation is 1. The number of amides is 2. The van der Waals surface area contributed by atoms with E-state index in [0.29, 0.717) is 24.7 Å². The van der Waals surface area contributed by atoms with Gasteiger partial charge in [0, 0.05) is 26.1 Å². The number of fused-ring (bicyclic) bond motifs is 1. The maximum Gasteiger partial charge on any atom is 0.244 e. The first-order valence-corrected chi connectivity index (χ1v) is 14.5. The lowest BCUT2D eigenvalue weighted by Crippen LogP contribution is -2.52. The molecule has 0 saturated heterocycles. The van der Waals surface area contributed by atoms with Crippen molar-refractivity contribution in [1.82, 2.24) is 10.2 Å². The molecule has 0 radical (unpaired) electrons. The van der Waals surface area contributed by atoms with E-state index in [2.05, 4.69) is 5.32 Å². The molecule has 39 heavy (non-hydrogen) atoms. The van der Waals surface area contributed by atoms with Gasteiger partial charge < -0.3 is 19.7 Å². The molecule has 2 amide bonds. The maximum absolute atomic E-state index is 14.0. The van der Waals surface area contributed by atoms with Gasteiger partial charge in [-0.15, -0.1) is 0 Å². The Balaban J connectivity index is 1.71. The third kappa shape index (κ3) is 7.08. The van der Waals surface area contributed by atoms with Crippen LogP contribution in [0.5, 0.6) is 11.5 Å². The predicted octanol–water partition coefficient (Wildman–Crippen LogP) is 2.92. The van der Waals surface area contributed by atoms with E-state index in [1.165, 1.54) is 11.9 Å². The lowest BCUT2D eigenvalue weighted by Gasteiger charge is -2.33. The van der Waals surface area contributed by atoms with Crippen molar-refractivity contribution in [2.45, 2.75) is 25.9 Å². The zero-order chi connectivity index (χ0) is 28.0. The number of nitrogens with zero attached hydrogens (tertiary/aromatic N) is 2. The number of carbonyl (C=O) groups is 2. The second-order valence-corrected chi connectivity index (χ2v) is 11.3. The number of benzene rings is 3. The van der Waals surface area contributed by atoms with Gasteiger partial charge in [0.2, 0.25) is 21.8 Å². The number of ether oxygens (including phenoxy) is 2. The smallest absolute Gasteiger partial charge is 0.244 e. The maximum atomic E-state index is 14.0. The number of carbonyl (C=O) groups excluding carboxylic acids is 2. The van der Waals surface area contributed by atoms with E-state index in [1.54, 1.807) is 18.2 Å². The van der Waals surface area contributed by atoms with Gasteiger partial charge in [-0.05, 0) is 30.2 Å². The standard InChI is InChI=1S/C29H33N3O6S/c1-21-8-7-11-23(16-21)19-31(25(29(34)30-2)17-22-9-5-4-6-10-22)28(33)20-32(39(3,35)36)24-12-13-26-27(18-24)38-15-14-37-26/h4-13,16,18,25H,14-15,17,19-20H2,1-3H3,(H,30,34)/t25-/m0/s1. The summed E-state index contributed by atoms with van der Waals surface area (Å²) >= 11 is 0. The Bertz CT molecular complexity index is 1430. The lowest BCUT2D eigenvalue weighted by molar-refractivity contribution is -0.139. The molecule has 1 atom stereocenters. The Labute approximate surface area is 229 Å². The van der Waals surface area contributed by atoms with Crippen molar-refractivity contribution in [3.8, 4) is 11.5 Å². The minimum atomic E-state index is -3.87. The first-order chi connectivity index (χ1) is 18.7. The predicted molar refractivity (Wildman–Crippen MR) is 149 cm³/mol. The average Bonchev–Trinajstić information content (AvgIpc) is 2.92. The minimum absolute atomic E-state index is 0.129. The summed E-state index contributed by atoms with van der Waals surface area (Å²) in [6, 6.07) is 20.9. The molecule has 9 nitrogen and oxygen atoms in total. The summed E-state index contributed by atoms with van der Waals surface area (Å²) in [6.45, 7) is 2.32. The van der Waals surface area contributed by atoms with Crippen LogP contribution in [0.2, 0.25) is 0 Å². The molecular formula is C29H33N3O6S. The van der Waals surface area contributed by atoms with Gasteiger partial charge in [0.05, 0.1) is 11.9 Å². The highest BCUT2D eigenvalue weighted by Crippen LogP contribution is 2.34. The largest absolute Gasteiger partial charge is 0.486 e. The summed E-state index contributed by atoms with van der Waals surface area (Å²) in [4.78, 5) is 28.6. The molecular weight excluding hydrogens is 518 g/mol. The van der Waals surface area contributed by atoms with E-state index in [9.17, 15) is 18.0 Å². The number of hydrogen-bond donors (Lipinski definition) is 1. The van der Waals surface area contributed by atoms with Crippen LogP contribution in [0.25, 0.3) is 0 Å².